The minimum Gasteiger partial charge on any atom is -0.468 e. The van der Waals surface area contributed by atoms with Gasteiger partial charge < -0.3 is 4.74 Å². The van der Waals surface area contributed by atoms with E-state index in [1.165, 1.54) is 42.7 Å². The van der Waals surface area contributed by atoms with Crippen LogP contribution in [-0.4, -0.2) is 32.5 Å². The van der Waals surface area contributed by atoms with Crippen LogP contribution >= 0.6 is 0 Å². The van der Waals surface area contributed by atoms with Crippen LogP contribution in [0.5, 0.6) is 5.88 Å². The Morgan fingerprint density at radius 3 is 2.56 bits per heavy atom. The monoisotopic (exact) mass is 380 g/mol. The summed E-state index contributed by atoms with van der Waals surface area (Å²) in [5.41, 5.74) is 0.895. The molecule has 3 aromatic rings. The van der Waals surface area contributed by atoms with E-state index in [1.54, 1.807) is 0 Å². The molecule has 0 atom stereocenters. The van der Waals surface area contributed by atoms with Gasteiger partial charge in [-0.3, -0.25) is 9.78 Å². The quantitative estimate of drug-likeness (QED) is 0.637. The maximum absolute atomic E-state index is 13.2. The zero-order chi connectivity index (χ0) is 19.4. The lowest BCUT2D eigenvalue weighted by atomic mass is 10.2. The van der Waals surface area contributed by atoms with E-state index in [4.69, 9.17) is 0 Å². The van der Waals surface area contributed by atoms with Crippen LogP contribution in [0.25, 0.3) is 11.3 Å². The molecule has 0 aliphatic carbocycles. The van der Waals surface area contributed by atoms with E-state index in [2.05, 4.69) is 19.8 Å². The summed E-state index contributed by atoms with van der Waals surface area (Å²) in [5.74, 6) is -0.717. The summed E-state index contributed by atoms with van der Waals surface area (Å²) in [4.78, 5) is 19.5. The maximum atomic E-state index is 13.2. The molecule has 0 aromatic carbocycles. The Morgan fingerprint density at radius 2 is 1.89 bits per heavy atom. The summed E-state index contributed by atoms with van der Waals surface area (Å²) >= 11 is 0. The van der Waals surface area contributed by atoms with Gasteiger partial charge in [0.2, 0.25) is 5.88 Å². The number of aromatic nitrogens is 4. The molecule has 0 saturated heterocycles. The van der Waals surface area contributed by atoms with E-state index in [-0.39, 0.29) is 12.4 Å². The minimum absolute atomic E-state index is 0.0115. The molecule has 0 saturated carbocycles. The third kappa shape index (κ3) is 5.09. The fraction of sp³-hybridized carbons (Fsp3) is 0.176. The lowest BCUT2D eigenvalue weighted by Gasteiger charge is -2.09. The zero-order valence-corrected chi connectivity index (χ0v) is 13.7. The first kappa shape index (κ1) is 18.5. The second-order valence-corrected chi connectivity index (χ2v) is 5.51. The second kappa shape index (κ2) is 7.52. The minimum atomic E-state index is -4.46. The van der Waals surface area contributed by atoms with Gasteiger partial charge >= 0.3 is 6.18 Å². The Bertz CT molecular complexity index is 987. The molecule has 0 aliphatic rings. The molecule has 3 aromatic heterocycles. The van der Waals surface area contributed by atoms with Gasteiger partial charge in [0.15, 0.2) is 6.61 Å². The molecule has 10 heteroatoms. The summed E-state index contributed by atoms with van der Waals surface area (Å²) in [6.45, 7) is -1.43. The molecule has 3 rings (SSSR count). The van der Waals surface area contributed by atoms with Crippen LogP contribution in [0.2, 0.25) is 0 Å². The summed E-state index contributed by atoms with van der Waals surface area (Å²) < 4.78 is 55.3. The topological polar surface area (TPSA) is 69.9 Å². The van der Waals surface area contributed by atoms with Crippen LogP contribution in [0.4, 0.5) is 17.6 Å². The van der Waals surface area contributed by atoms with Crippen LogP contribution in [-0.2, 0) is 6.54 Å². The molecule has 6 nitrogen and oxygen atoms in total. The van der Waals surface area contributed by atoms with Crippen LogP contribution in [0.3, 0.4) is 0 Å². The SMILES string of the molecule is O=c1ccc(-c2ccc(OCC(F)(F)F)nc2)nn1Cc1cncc(F)c1. The van der Waals surface area contributed by atoms with Crippen LogP contribution in [0.15, 0.2) is 53.7 Å². The fourth-order valence-corrected chi connectivity index (χ4v) is 2.20. The number of halogens is 4. The van der Waals surface area contributed by atoms with E-state index in [0.717, 1.165) is 10.9 Å². The van der Waals surface area contributed by atoms with Crippen LogP contribution in [0.1, 0.15) is 5.56 Å². The van der Waals surface area contributed by atoms with Gasteiger partial charge in [-0.05, 0) is 23.8 Å². The predicted octanol–water partition coefficient (Wildman–Crippen LogP) is 2.83. The first-order chi connectivity index (χ1) is 12.8. The van der Waals surface area contributed by atoms with Crippen molar-refractivity contribution in [2.75, 3.05) is 6.61 Å². The number of pyridine rings is 2. The lowest BCUT2D eigenvalue weighted by molar-refractivity contribution is -0.154. The summed E-state index contributed by atoms with van der Waals surface area (Å²) in [6, 6.07) is 6.72. The standard InChI is InChI=1S/C17H12F4N4O2/c18-13-5-11(6-22-8-13)9-25-16(26)4-2-14(24-25)12-1-3-15(23-7-12)27-10-17(19,20)21/h1-8H,9-10H2. The Morgan fingerprint density at radius 1 is 1.07 bits per heavy atom. The molecule has 0 spiro atoms. The van der Waals surface area contributed by atoms with Crippen molar-refractivity contribution >= 4 is 0 Å². The van der Waals surface area contributed by atoms with Crippen LogP contribution < -0.4 is 10.3 Å². The van der Waals surface area contributed by atoms with Crippen molar-refractivity contribution in [2.24, 2.45) is 0 Å². The van der Waals surface area contributed by atoms with Gasteiger partial charge in [0.25, 0.3) is 5.56 Å². The van der Waals surface area contributed by atoms with Gasteiger partial charge in [0, 0.05) is 30.1 Å². The Kier molecular flexibility index (Phi) is 5.15. The van der Waals surface area contributed by atoms with Crippen molar-refractivity contribution in [1.82, 2.24) is 19.7 Å². The molecule has 0 N–H and O–H groups in total. The van der Waals surface area contributed by atoms with Crippen molar-refractivity contribution < 1.29 is 22.3 Å². The molecule has 0 amide bonds. The molecule has 27 heavy (non-hydrogen) atoms. The van der Waals surface area contributed by atoms with Crippen LogP contribution in [0, 0.1) is 5.82 Å². The second-order valence-electron chi connectivity index (χ2n) is 5.51. The average molecular weight is 380 g/mol. The number of nitrogens with zero attached hydrogens (tertiary/aromatic N) is 4. The van der Waals surface area contributed by atoms with Crippen molar-refractivity contribution in [2.45, 2.75) is 12.7 Å². The van der Waals surface area contributed by atoms with Gasteiger partial charge in [-0.25, -0.2) is 14.1 Å². The van der Waals surface area contributed by atoms with E-state index >= 15 is 0 Å². The highest BCUT2D eigenvalue weighted by Gasteiger charge is 2.28. The Labute approximate surface area is 150 Å². The summed E-state index contributed by atoms with van der Waals surface area (Å²) in [5, 5.41) is 4.18. The van der Waals surface area contributed by atoms with Gasteiger partial charge in [-0.15, -0.1) is 0 Å². The highest BCUT2D eigenvalue weighted by atomic mass is 19.4. The Hall–Kier alpha value is -3.30. The first-order valence-electron chi connectivity index (χ1n) is 7.64. The highest BCUT2D eigenvalue weighted by Crippen LogP contribution is 2.20. The third-order valence-corrected chi connectivity index (χ3v) is 3.38. The highest BCUT2D eigenvalue weighted by molar-refractivity contribution is 5.57. The van der Waals surface area contributed by atoms with Crippen molar-refractivity contribution in [1.29, 1.82) is 0 Å². The van der Waals surface area contributed by atoms with Gasteiger partial charge in [-0.1, -0.05) is 0 Å². The lowest BCUT2D eigenvalue weighted by Crippen LogP contribution is -2.23. The zero-order valence-electron chi connectivity index (χ0n) is 13.7. The molecule has 0 bridgehead atoms. The van der Waals surface area contributed by atoms with E-state index in [0.29, 0.717) is 16.8 Å². The predicted molar refractivity (Wildman–Crippen MR) is 86.6 cm³/mol. The molecule has 3 heterocycles. The fourth-order valence-electron chi connectivity index (χ4n) is 2.20. The van der Waals surface area contributed by atoms with Crippen molar-refractivity contribution in [3.63, 3.8) is 0 Å². The van der Waals surface area contributed by atoms with Gasteiger partial charge in [0.05, 0.1) is 18.4 Å². The number of hydrogen-bond donors (Lipinski definition) is 0. The molecule has 0 unspecified atom stereocenters. The number of alkyl halides is 3. The number of rotatable bonds is 5. The number of hydrogen-bond acceptors (Lipinski definition) is 5. The molecule has 140 valence electrons. The molecular weight excluding hydrogens is 368 g/mol. The van der Waals surface area contributed by atoms with E-state index < -0.39 is 24.2 Å². The largest absolute Gasteiger partial charge is 0.468 e. The summed E-state index contributed by atoms with van der Waals surface area (Å²) in [6.07, 6.45) is -0.710. The summed E-state index contributed by atoms with van der Waals surface area (Å²) in [7, 11) is 0. The molecular formula is C17H12F4N4O2. The first-order valence-corrected chi connectivity index (χ1v) is 7.64. The van der Waals surface area contributed by atoms with Crippen molar-refractivity contribution in [3.05, 3.63) is 70.7 Å². The Balaban J connectivity index is 1.80. The van der Waals surface area contributed by atoms with Gasteiger partial charge in [0.1, 0.15) is 5.82 Å². The van der Waals surface area contributed by atoms with Crippen molar-refractivity contribution in [3.8, 4) is 17.1 Å². The average Bonchev–Trinajstić information content (AvgIpc) is 2.62. The third-order valence-electron chi connectivity index (χ3n) is 3.38. The van der Waals surface area contributed by atoms with Gasteiger partial charge in [-0.2, -0.15) is 18.3 Å². The van der Waals surface area contributed by atoms with E-state index in [1.807, 2.05) is 0 Å². The molecule has 0 aliphatic heterocycles. The molecule has 0 radical (unpaired) electrons. The smallest absolute Gasteiger partial charge is 0.422 e. The maximum Gasteiger partial charge on any atom is 0.422 e. The molecule has 0 fully saturated rings. The number of ether oxygens (including phenoxy) is 1. The van der Waals surface area contributed by atoms with E-state index in [9.17, 15) is 22.4 Å². The normalized spacial score (nSPS) is 11.4.